The van der Waals surface area contributed by atoms with Crippen LogP contribution in [-0.4, -0.2) is 58.5 Å². The highest BCUT2D eigenvalue weighted by atomic mass is 16.5. The molecule has 0 aromatic heterocycles. The summed E-state index contributed by atoms with van der Waals surface area (Å²) in [5, 5.41) is 37.9. The Morgan fingerprint density at radius 1 is 1.07 bits per heavy atom. The summed E-state index contributed by atoms with van der Waals surface area (Å²) in [6, 6.07) is 16.2. The van der Waals surface area contributed by atoms with Crippen LogP contribution in [0.4, 0.5) is 0 Å². The van der Waals surface area contributed by atoms with Gasteiger partial charge < -0.3 is 31.1 Å². The van der Waals surface area contributed by atoms with Crippen molar-refractivity contribution in [2.24, 2.45) is 23.0 Å². The lowest BCUT2D eigenvalue weighted by atomic mass is 9.52. The largest absolute Gasteiger partial charge is 0.396 e. The number of ether oxygens (including phenoxy) is 1. The van der Waals surface area contributed by atoms with E-state index in [9.17, 15) is 24.9 Å². The number of fused-ring (bicyclic) bond motifs is 1. The minimum Gasteiger partial charge on any atom is -0.396 e. The molecule has 0 radical (unpaired) electrons. The van der Waals surface area contributed by atoms with E-state index >= 15 is 0 Å². The van der Waals surface area contributed by atoms with Crippen LogP contribution in [0.25, 0.3) is 0 Å². The first-order valence-corrected chi connectivity index (χ1v) is 21.6. The van der Waals surface area contributed by atoms with Crippen LogP contribution in [0.15, 0.2) is 107 Å². The Morgan fingerprint density at radius 3 is 2.68 bits per heavy atom. The van der Waals surface area contributed by atoms with Gasteiger partial charge in [0.25, 0.3) is 0 Å². The number of nitrogens with one attached hydrogen (secondary N) is 1. The van der Waals surface area contributed by atoms with Crippen molar-refractivity contribution in [1.82, 2.24) is 5.32 Å². The van der Waals surface area contributed by atoms with E-state index < -0.39 is 23.3 Å². The molecule has 0 unspecified atom stereocenters. The van der Waals surface area contributed by atoms with Gasteiger partial charge in [-0.25, -0.2) is 0 Å². The number of aliphatic hydroxyl groups is 3. The summed E-state index contributed by atoms with van der Waals surface area (Å²) >= 11 is 0. The number of hydrogen-bond donors (Lipinski definition) is 5. The summed E-state index contributed by atoms with van der Waals surface area (Å²) in [4.78, 5) is 26.6. The number of amides is 1. The van der Waals surface area contributed by atoms with E-state index in [0.29, 0.717) is 50.5 Å². The molecule has 6 rings (SSSR count). The van der Waals surface area contributed by atoms with Gasteiger partial charge in [-0.05, 0) is 124 Å². The first-order chi connectivity index (χ1) is 28.4. The molecule has 2 aliphatic heterocycles. The zero-order chi connectivity index (χ0) is 42.0. The van der Waals surface area contributed by atoms with Gasteiger partial charge >= 0.3 is 0 Å². The fraction of sp³-hybridized carbons (Fsp3) is 0.490. The van der Waals surface area contributed by atoms with Crippen molar-refractivity contribution in [3.8, 4) is 11.8 Å². The number of benzene rings is 2. The number of aliphatic hydroxyl groups excluding tert-OH is 2. The molecule has 1 amide bonds. The van der Waals surface area contributed by atoms with Gasteiger partial charge in [-0.15, -0.1) is 0 Å². The minimum atomic E-state index is -1.22. The average molecular weight is 801 g/mol. The molecule has 2 fully saturated rings. The van der Waals surface area contributed by atoms with Gasteiger partial charge in [0, 0.05) is 30.8 Å². The van der Waals surface area contributed by atoms with Crippen LogP contribution in [0.2, 0.25) is 0 Å². The Morgan fingerprint density at radius 2 is 1.88 bits per heavy atom. The Balaban J connectivity index is 1.21. The number of rotatable bonds is 11. The Bertz CT molecular complexity index is 2030. The van der Waals surface area contributed by atoms with E-state index in [1.54, 1.807) is 0 Å². The van der Waals surface area contributed by atoms with E-state index in [2.05, 4.69) is 54.1 Å². The van der Waals surface area contributed by atoms with E-state index in [0.717, 1.165) is 65.5 Å². The molecule has 2 aromatic carbocycles. The first kappa shape index (κ1) is 44.2. The third-order valence-corrected chi connectivity index (χ3v) is 13.6. The molecule has 6 N–H and O–H groups in total. The second-order valence-corrected chi connectivity index (χ2v) is 17.3. The van der Waals surface area contributed by atoms with Crippen molar-refractivity contribution in [2.75, 3.05) is 19.8 Å². The zero-order valence-corrected chi connectivity index (χ0v) is 35.1. The van der Waals surface area contributed by atoms with Gasteiger partial charge in [-0.1, -0.05) is 108 Å². The Kier molecular flexibility index (Phi) is 15.2. The van der Waals surface area contributed by atoms with Crippen LogP contribution in [-0.2, 0) is 33.6 Å². The second kappa shape index (κ2) is 20.3. The lowest BCUT2D eigenvalue weighted by Crippen LogP contribution is -2.59. The Labute approximate surface area is 351 Å². The summed E-state index contributed by atoms with van der Waals surface area (Å²) in [7, 11) is 0. The summed E-state index contributed by atoms with van der Waals surface area (Å²) in [6.45, 7) is 8.55. The van der Waals surface area contributed by atoms with E-state index in [4.69, 9.17) is 10.5 Å². The molecule has 2 heterocycles. The zero-order valence-electron chi connectivity index (χ0n) is 35.1. The maximum atomic E-state index is 14.2. The smallest absolute Gasteiger partial charge is 0.225 e. The highest BCUT2D eigenvalue weighted by Gasteiger charge is 2.64. The number of hydrogen-bond acceptors (Lipinski definition) is 7. The maximum absolute atomic E-state index is 14.2. The number of carbonyl (C=O) groups excluding carboxylic acids is 2. The van der Waals surface area contributed by atoms with Gasteiger partial charge in [-0.2, -0.15) is 0 Å². The molecule has 1 spiro atoms. The van der Waals surface area contributed by atoms with Crippen molar-refractivity contribution in [1.29, 1.82) is 0 Å². The molecule has 6 atom stereocenters. The lowest BCUT2D eigenvalue weighted by Gasteiger charge is -2.55. The van der Waals surface area contributed by atoms with Gasteiger partial charge in [-0.3, -0.25) is 9.59 Å². The van der Waals surface area contributed by atoms with Crippen molar-refractivity contribution in [3.63, 3.8) is 0 Å². The van der Waals surface area contributed by atoms with Gasteiger partial charge in [0.2, 0.25) is 5.91 Å². The summed E-state index contributed by atoms with van der Waals surface area (Å²) in [6.07, 6.45) is 15.8. The molecule has 2 aliphatic carbocycles. The molecule has 314 valence electrons. The standard InChI is InChI=1S/C51H64N2O6/c1-35-14-9-19-38(21-11-20-37-16-5-4-6-17-37)18-7-8-31-59-34-40(23-10-15-35)42-27-29-51(48(42)57)45(25-13-30-54)41(26-28-50(51,3)58)36(2)46(55)32-39-22-12-24-43-44(39)33-47(56)53-49(43)52/h4-6,10,12,15-17,19,22-24,42,45,48-49,54,57-58H,1,9,11,13-14,18,20-21,25-34,52H2,2-3H3,(H,53,56)/b15-10+,38-19-,40-23-,41-36+/t42-,45-,48-,49+,50-,51-/m1/s1. The quantitative estimate of drug-likeness (QED) is 0.0895. The van der Waals surface area contributed by atoms with Gasteiger partial charge in [0.15, 0.2) is 5.78 Å². The third kappa shape index (κ3) is 10.3. The molecule has 0 saturated heterocycles. The average Bonchev–Trinajstić information content (AvgIpc) is 3.55. The van der Waals surface area contributed by atoms with Gasteiger partial charge in [0.1, 0.15) is 12.8 Å². The number of nitrogens with two attached hydrogens (primary N) is 1. The molecular formula is C51H64N2O6. The normalized spacial score (nSPS) is 30.9. The number of ketones is 1. The monoisotopic (exact) mass is 800 g/mol. The number of Topliss-reactive ketones (excluding diaryl/α,β-unsaturated/α-hetero) is 1. The molecule has 59 heavy (non-hydrogen) atoms. The molecule has 2 saturated carbocycles. The molecule has 0 bridgehead atoms. The van der Waals surface area contributed by atoms with Gasteiger partial charge in [0.05, 0.1) is 24.7 Å². The van der Waals surface area contributed by atoms with E-state index in [1.807, 2.05) is 56.3 Å². The molecule has 8 heteroatoms. The molecule has 8 nitrogen and oxygen atoms in total. The molecule has 2 aromatic rings. The van der Waals surface area contributed by atoms with Crippen molar-refractivity contribution in [2.45, 2.75) is 122 Å². The fourth-order valence-electron chi connectivity index (χ4n) is 10.3. The summed E-state index contributed by atoms with van der Waals surface area (Å²) in [5.41, 5.74) is 12.7. The summed E-state index contributed by atoms with van der Waals surface area (Å²) in [5.74, 6) is 5.72. The Hall–Kier alpha value is -4.36. The molecule has 4 aliphatic rings. The SMILES string of the molecule is C=C1/C=C/C=C(\[C@H]2CC[C@@]3([C@H](CCCO)/C(=C(\C)C(=O)Cc4cccc5c4CC(=O)N[C@@H]5N)CC[C@@]3(C)O)[C@@H]2O)COCC#CC/C(CCCc2ccccc2)=C/CC1. The van der Waals surface area contributed by atoms with E-state index in [-0.39, 0.29) is 56.2 Å². The van der Waals surface area contributed by atoms with Crippen LogP contribution >= 0.6 is 0 Å². The van der Waals surface area contributed by atoms with Crippen molar-refractivity contribution in [3.05, 3.63) is 130 Å². The van der Waals surface area contributed by atoms with Crippen LogP contribution in [0.3, 0.4) is 0 Å². The molecular weight excluding hydrogens is 737 g/mol. The lowest BCUT2D eigenvalue weighted by molar-refractivity contribution is -0.167. The maximum Gasteiger partial charge on any atom is 0.225 e. The van der Waals surface area contributed by atoms with Crippen LogP contribution in [0.5, 0.6) is 0 Å². The second-order valence-electron chi connectivity index (χ2n) is 17.3. The van der Waals surface area contributed by atoms with Crippen molar-refractivity contribution >= 4 is 11.7 Å². The first-order valence-electron chi connectivity index (χ1n) is 21.6. The number of allylic oxidation sites excluding steroid dienone is 8. The van der Waals surface area contributed by atoms with Crippen LogP contribution in [0.1, 0.15) is 113 Å². The predicted octanol–water partition coefficient (Wildman–Crippen LogP) is 7.63. The number of carbonyl (C=O) groups is 2. The van der Waals surface area contributed by atoms with E-state index in [1.165, 1.54) is 11.1 Å². The third-order valence-electron chi connectivity index (χ3n) is 13.6. The summed E-state index contributed by atoms with van der Waals surface area (Å²) < 4.78 is 6.19. The fourth-order valence-corrected chi connectivity index (χ4v) is 10.3. The highest BCUT2D eigenvalue weighted by Crippen LogP contribution is 2.63. The van der Waals surface area contributed by atoms with Crippen LogP contribution < -0.4 is 11.1 Å². The van der Waals surface area contributed by atoms with Crippen molar-refractivity contribution < 1.29 is 29.6 Å². The number of aryl methyl sites for hydroxylation is 1. The predicted molar refractivity (Wildman–Crippen MR) is 234 cm³/mol. The highest BCUT2D eigenvalue weighted by molar-refractivity contribution is 5.97. The van der Waals surface area contributed by atoms with Crippen LogP contribution in [0, 0.1) is 29.1 Å². The topological polar surface area (TPSA) is 142 Å². The minimum absolute atomic E-state index is 0.0353.